The first kappa shape index (κ1) is 22.0. The number of carbonyl (C=O) groups is 3. The third-order valence-electron chi connectivity index (χ3n) is 6.35. The molecule has 29 heavy (non-hydrogen) atoms. The first-order chi connectivity index (χ1) is 13.7. The highest BCUT2D eigenvalue weighted by Crippen LogP contribution is 2.44. The highest BCUT2D eigenvalue weighted by molar-refractivity contribution is 9.10. The fraction of sp³-hybridized carbons (Fsp3) is 0.609. The summed E-state index contributed by atoms with van der Waals surface area (Å²) in [6.07, 6.45) is 5.79. The third-order valence-corrected chi connectivity index (χ3v) is 6.88. The molecule has 1 amide bonds. The first-order valence-electron chi connectivity index (χ1n) is 10.6. The lowest BCUT2D eigenvalue weighted by molar-refractivity contribution is -0.150. The molecule has 1 N–H and O–H groups in total. The van der Waals surface area contributed by atoms with E-state index >= 15 is 0 Å². The SMILES string of the molecule is CC[C@@H](C(=O)c1ccc(Br)cc1)[C@@H]1[C@H](C(=O)NC2CCCCC2)C(=O)OC1(C)C. The molecule has 2 fully saturated rings. The van der Waals surface area contributed by atoms with Crippen LogP contribution < -0.4 is 5.32 Å². The first-order valence-corrected chi connectivity index (χ1v) is 11.4. The number of rotatable bonds is 6. The molecule has 0 bridgehead atoms. The van der Waals surface area contributed by atoms with Crippen molar-refractivity contribution in [2.75, 3.05) is 0 Å². The van der Waals surface area contributed by atoms with Crippen LogP contribution in [0.3, 0.4) is 0 Å². The van der Waals surface area contributed by atoms with Gasteiger partial charge in [-0.3, -0.25) is 14.4 Å². The largest absolute Gasteiger partial charge is 0.459 e. The Morgan fingerprint density at radius 3 is 2.38 bits per heavy atom. The Morgan fingerprint density at radius 1 is 1.17 bits per heavy atom. The summed E-state index contributed by atoms with van der Waals surface area (Å²) in [5.41, 5.74) is -0.293. The Morgan fingerprint density at radius 2 is 1.79 bits per heavy atom. The molecule has 1 aliphatic heterocycles. The standard InChI is InChI=1S/C23H30BrNO4/c1-4-17(20(26)14-10-12-15(24)13-11-14)19-18(22(28)29-23(19,2)3)21(27)25-16-8-6-5-7-9-16/h10-13,16-19H,4-9H2,1-3H3,(H,25,27)/t17-,18-,19-/m1/s1. The number of Topliss-reactive ketones (excluding diaryl/α,β-unsaturated/α-hetero) is 1. The van der Waals surface area contributed by atoms with E-state index in [9.17, 15) is 14.4 Å². The zero-order valence-electron chi connectivity index (χ0n) is 17.4. The van der Waals surface area contributed by atoms with E-state index in [1.54, 1.807) is 26.0 Å². The van der Waals surface area contributed by atoms with Crippen molar-refractivity contribution in [3.8, 4) is 0 Å². The number of esters is 1. The van der Waals surface area contributed by atoms with Crippen molar-refractivity contribution >= 4 is 33.6 Å². The number of ketones is 1. The van der Waals surface area contributed by atoms with Gasteiger partial charge in [0, 0.05) is 27.9 Å². The summed E-state index contributed by atoms with van der Waals surface area (Å²) in [7, 11) is 0. The van der Waals surface area contributed by atoms with Gasteiger partial charge in [-0.2, -0.15) is 0 Å². The van der Waals surface area contributed by atoms with E-state index in [0.29, 0.717) is 12.0 Å². The number of cyclic esters (lactones) is 1. The molecule has 158 valence electrons. The van der Waals surface area contributed by atoms with Gasteiger partial charge in [-0.15, -0.1) is 0 Å². The second kappa shape index (κ2) is 8.99. The minimum Gasteiger partial charge on any atom is -0.459 e. The zero-order valence-corrected chi connectivity index (χ0v) is 19.0. The van der Waals surface area contributed by atoms with Crippen LogP contribution in [-0.4, -0.2) is 29.3 Å². The Hall–Kier alpha value is -1.69. The molecule has 3 atom stereocenters. The molecule has 2 aliphatic rings. The van der Waals surface area contributed by atoms with Gasteiger partial charge in [-0.1, -0.05) is 54.2 Å². The fourth-order valence-electron chi connectivity index (χ4n) is 4.89. The second-order valence-corrected chi connectivity index (χ2v) is 9.67. The molecule has 0 radical (unpaired) electrons. The van der Waals surface area contributed by atoms with Gasteiger partial charge >= 0.3 is 5.97 Å². The number of ether oxygens (including phenoxy) is 1. The number of benzene rings is 1. The highest BCUT2D eigenvalue weighted by Gasteiger charge is 2.57. The fourth-order valence-corrected chi connectivity index (χ4v) is 5.16. The maximum Gasteiger partial charge on any atom is 0.319 e. The third kappa shape index (κ3) is 4.73. The Balaban J connectivity index is 1.86. The van der Waals surface area contributed by atoms with E-state index < -0.39 is 29.3 Å². The van der Waals surface area contributed by atoms with Crippen LogP contribution in [0.4, 0.5) is 0 Å². The number of carbonyl (C=O) groups excluding carboxylic acids is 3. The van der Waals surface area contributed by atoms with Crippen LogP contribution in [0.5, 0.6) is 0 Å². The van der Waals surface area contributed by atoms with Crippen molar-refractivity contribution in [2.24, 2.45) is 17.8 Å². The minimum atomic E-state index is -0.948. The van der Waals surface area contributed by atoms with E-state index in [-0.39, 0.29) is 17.7 Å². The number of nitrogens with one attached hydrogen (secondary N) is 1. The van der Waals surface area contributed by atoms with Gasteiger partial charge in [0.15, 0.2) is 5.78 Å². The molecule has 6 heteroatoms. The normalized spacial score (nSPS) is 25.3. The van der Waals surface area contributed by atoms with E-state index in [2.05, 4.69) is 21.2 Å². The van der Waals surface area contributed by atoms with Crippen LogP contribution in [0, 0.1) is 17.8 Å². The monoisotopic (exact) mass is 463 g/mol. The summed E-state index contributed by atoms with van der Waals surface area (Å²) in [5.74, 6) is -2.78. The minimum absolute atomic E-state index is 0.0492. The molecule has 5 nitrogen and oxygen atoms in total. The summed E-state index contributed by atoms with van der Waals surface area (Å²) in [5, 5.41) is 3.07. The van der Waals surface area contributed by atoms with Gasteiger partial charge in [0.2, 0.25) is 5.91 Å². The highest BCUT2D eigenvalue weighted by atomic mass is 79.9. The van der Waals surface area contributed by atoms with Crippen LogP contribution >= 0.6 is 15.9 Å². The van der Waals surface area contributed by atoms with Crippen LogP contribution in [-0.2, 0) is 14.3 Å². The van der Waals surface area contributed by atoms with E-state index in [0.717, 1.165) is 30.2 Å². The molecule has 0 aromatic heterocycles. The molecule has 0 spiro atoms. The van der Waals surface area contributed by atoms with Gasteiger partial charge in [0.05, 0.1) is 0 Å². The molecule has 1 aliphatic carbocycles. The lowest BCUT2D eigenvalue weighted by Gasteiger charge is -2.33. The summed E-state index contributed by atoms with van der Waals surface area (Å²) in [6, 6.07) is 7.31. The topological polar surface area (TPSA) is 72.5 Å². The average molecular weight is 464 g/mol. The van der Waals surface area contributed by atoms with Crippen molar-refractivity contribution in [3.05, 3.63) is 34.3 Å². The lowest BCUT2D eigenvalue weighted by Crippen LogP contribution is -2.47. The van der Waals surface area contributed by atoms with Crippen molar-refractivity contribution in [3.63, 3.8) is 0 Å². The molecule has 1 aromatic carbocycles. The van der Waals surface area contributed by atoms with E-state index in [1.807, 2.05) is 19.1 Å². The Kier molecular flexibility index (Phi) is 6.82. The van der Waals surface area contributed by atoms with Gasteiger partial charge in [0.1, 0.15) is 11.5 Å². The lowest BCUT2D eigenvalue weighted by atomic mass is 9.70. The summed E-state index contributed by atoms with van der Waals surface area (Å²) in [6.45, 7) is 5.54. The maximum absolute atomic E-state index is 13.3. The molecule has 3 rings (SSSR count). The van der Waals surface area contributed by atoms with Crippen LogP contribution in [0.15, 0.2) is 28.7 Å². The number of halogens is 1. The number of hydrogen-bond donors (Lipinski definition) is 1. The van der Waals surface area contributed by atoms with Crippen molar-refractivity contribution in [1.29, 1.82) is 0 Å². The van der Waals surface area contributed by atoms with Crippen LogP contribution in [0.1, 0.15) is 69.7 Å². The molecule has 1 saturated heterocycles. The second-order valence-electron chi connectivity index (χ2n) is 8.76. The molecular weight excluding hydrogens is 434 g/mol. The van der Waals surface area contributed by atoms with Gasteiger partial charge in [-0.25, -0.2) is 0 Å². The van der Waals surface area contributed by atoms with E-state index in [1.165, 1.54) is 6.42 Å². The quantitative estimate of drug-likeness (QED) is 0.377. The van der Waals surface area contributed by atoms with E-state index in [4.69, 9.17) is 4.74 Å². The summed E-state index contributed by atoms with van der Waals surface area (Å²) < 4.78 is 6.51. The smallest absolute Gasteiger partial charge is 0.319 e. The number of amides is 1. The van der Waals surface area contributed by atoms with Crippen LogP contribution in [0.25, 0.3) is 0 Å². The average Bonchev–Trinajstić information content (AvgIpc) is 2.92. The van der Waals surface area contributed by atoms with Crippen molar-refractivity contribution in [2.45, 2.75) is 70.9 Å². The Bertz CT molecular complexity index is 768. The maximum atomic E-state index is 13.3. The van der Waals surface area contributed by atoms with Gasteiger partial charge < -0.3 is 10.1 Å². The summed E-state index contributed by atoms with van der Waals surface area (Å²) in [4.78, 5) is 39.1. The van der Waals surface area contributed by atoms with Crippen LogP contribution in [0.2, 0.25) is 0 Å². The summed E-state index contributed by atoms with van der Waals surface area (Å²) >= 11 is 3.39. The zero-order chi connectivity index (χ0) is 21.2. The predicted molar refractivity (Wildman–Crippen MR) is 114 cm³/mol. The molecule has 1 heterocycles. The van der Waals surface area contributed by atoms with Crippen molar-refractivity contribution in [1.82, 2.24) is 5.32 Å². The number of hydrogen-bond acceptors (Lipinski definition) is 4. The van der Waals surface area contributed by atoms with Gasteiger partial charge in [-0.05, 0) is 45.2 Å². The van der Waals surface area contributed by atoms with Gasteiger partial charge in [0.25, 0.3) is 0 Å². The molecule has 1 aromatic rings. The molecule has 1 saturated carbocycles. The van der Waals surface area contributed by atoms with Crippen molar-refractivity contribution < 1.29 is 19.1 Å². The molecule has 0 unspecified atom stereocenters. The predicted octanol–water partition coefficient (Wildman–Crippen LogP) is 4.67. The molecular formula is C23H30BrNO4. The Labute approximate surface area is 181 Å².